The van der Waals surface area contributed by atoms with Crippen molar-refractivity contribution in [3.05, 3.63) is 65.2 Å². The van der Waals surface area contributed by atoms with Crippen molar-refractivity contribution >= 4 is 10.0 Å². The highest BCUT2D eigenvalue weighted by molar-refractivity contribution is 7.89. The number of hydrogen-bond acceptors (Lipinski definition) is 3. The SMILES string of the molecule is O=S(=O)(c1ccc(F)c(F)c1)N1CCC(N2CCc3ccccc3C2)CC1. The third kappa shape index (κ3) is 3.63. The van der Waals surface area contributed by atoms with Crippen LogP contribution in [0.15, 0.2) is 47.4 Å². The molecule has 27 heavy (non-hydrogen) atoms. The molecule has 0 N–H and O–H groups in total. The molecule has 4 nitrogen and oxygen atoms in total. The highest BCUT2D eigenvalue weighted by Gasteiger charge is 2.33. The van der Waals surface area contributed by atoms with Gasteiger partial charge in [0.15, 0.2) is 11.6 Å². The Hall–Kier alpha value is -1.83. The molecule has 2 aromatic carbocycles. The van der Waals surface area contributed by atoms with Gasteiger partial charge in [-0.25, -0.2) is 17.2 Å². The number of halogens is 2. The molecule has 1 fully saturated rings. The lowest BCUT2D eigenvalue weighted by molar-refractivity contribution is 0.126. The Bertz CT molecular complexity index is 941. The molecule has 0 spiro atoms. The average molecular weight is 392 g/mol. The number of nitrogens with zero attached hydrogens (tertiary/aromatic N) is 2. The maximum atomic E-state index is 13.4. The van der Waals surface area contributed by atoms with Crippen LogP contribution in [0.3, 0.4) is 0 Å². The van der Waals surface area contributed by atoms with Crippen molar-refractivity contribution in [3.63, 3.8) is 0 Å². The number of sulfonamides is 1. The Morgan fingerprint density at radius 1 is 0.889 bits per heavy atom. The normalized spacial score (nSPS) is 19.8. The van der Waals surface area contributed by atoms with Gasteiger partial charge >= 0.3 is 0 Å². The molecule has 2 aliphatic rings. The standard InChI is InChI=1S/C20H22F2N2O2S/c21-19-6-5-18(13-20(19)22)27(25,26)24-11-8-17(9-12-24)23-10-7-15-3-1-2-4-16(15)14-23/h1-6,13,17H,7-12,14H2. The second-order valence-corrected chi connectivity index (χ2v) is 9.14. The molecule has 0 aromatic heterocycles. The molecule has 2 heterocycles. The molecule has 144 valence electrons. The van der Waals surface area contributed by atoms with Crippen LogP contribution < -0.4 is 0 Å². The van der Waals surface area contributed by atoms with Crippen LogP contribution in [0.1, 0.15) is 24.0 Å². The lowest BCUT2D eigenvalue weighted by atomic mass is 9.96. The van der Waals surface area contributed by atoms with E-state index < -0.39 is 21.7 Å². The van der Waals surface area contributed by atoms with E-state index in [0.717, 1.165) is 50.6 Å². The smallest absolute Gasteiger partial charge is 0.243 e. The molecule has 7 heteroatoms. The van der Waals surface area contributed by atoms with Crippen molar-refractivity contribution in [2.24, 2.45) is 0 Å². The number of fused-ring (bicyclic) bond motifs is 1. The van der Waals surface area contributed by atoms with E-state index in [2.05, 4.69) is 29.2 Å². The monoisotopic (exact) mass is 392 g/mol. The fourth-order valence-electron chi connectivity index (χ4n) is 4.06. The van der Waals surface area contributed by atoms with Crippen LogP contribution in [0.4, 0.5) is 8.78 Å². The van der Waals surface area contributed by atoms with Crippen molar-refractivity contribution in [3.8, 4) is 0 Å². The van der Waals surface area contributed by atoms with Crippen LogP contribution in [0.25, 0.3) is 0 Å². The Labute approximate surface area is 158 Å². The lowest BCUT2D eigenvalue weighted by Crippen LogP contribution is -2.48. The summed E-state index contributed by atoms with van der Waals surface area (Å²) in [6.07, 6.45) is 2.50. The first-order chi connectivity index (χ1) is 12.9. The van der Waals surface area contributed by atoms with Crippen LogP contribution in [-0.4, -0.2) is 43.3 Å². The first kappa shape index (κ1) is 18.5. The third-order valence-corrected chi connectivity index (χ3v) is 7.52. The van der Waals surface area contributed by atoms with Crippen molar-refractivity contribution < 1.29 is 17.2 Å². The highest BCUT2D eigenvalue weighted by atomic mass is 32.2. The second kappa shape index (κ2) is 7.30. The van der Waals surface area contributed by atoms with E-state index in [1.807, 2.05) is 0 Å². The van der Waals surface area contributed by atoms with E-state index in [9.17, 15) is 17.2 Å². The fraction of sp³-hybridized carbons (Fsp3) is 0.400. The van der Waals surface area contributed by atoms with E-state index in [4.69, 9.17) is 0 Å². The molecule has 1 saturated heterocycles. The molecule has 0 amide bonds. The predicted octanol–water partition coefficient (Wildman–Crippen LogP) is 3.18. The number of rotatable bonds is 3. The summed E-state index contributed by atoms with van der Waals surface area (Å²) in [5, 5.41) is 0. The van der Waals surface area contributed by atoms with Gasteiger partial charge in [0.25, 0.3) is 0 Å². The molecule has 4 rings (SSSR count). The summed E-state index contributed by atoms with van der Waals surface area (Å²) in [6.45, 7) is 2.67. The zero-order chi connectivity index (χ0) is 19.0. The second-order valence-electron chi connectivity index (χ2n) is 7.20. The van der Waals surface area contributed by atoms with Gasteiger partial charge in [0, 0.05) is 32.2 Å². The summed E-state index contributed by atoms with van der Waals surface area (Å²) >= 11 is 0. The third-order valence-electron chi connectivity index (χ3n) is 5.63. The van der Waals surface area contributed by atoms with Crippen molar-refractivity contribution in [2.45, 2.75) is 36.7 Å². The molecule has 0 unspecified atom stereocenters. The summed E-state index contributed by atoms with van der Waals surface area (Å²) in [5.41, 5.74) is 2.74. The van der Waals surface area contributed by atoms with E-state index in [0.29, 0.717) is 19.1 Å². The van der Waals surface area contributed by atoms with Gasteiger partial charge in [0.05, 0.1) is 4.90 Å². The minimum atomic E-state index is -3.80. The predicted molar refractivity (Wildman–Crippen MR) is 98.7 cm³/mol. The van der Waals surface area contributed by atoms with Gasteiger partial charge in [-0.15, -0.1) is 0 Å². The van der Waals surface area contributed by atoms with Crippen LogP contribution in [-0.2, 0) is 23.0 Å². The largest absolute Gasteiger partial charge is 0.296 e. The fourth-order valence-corrected chi connectivity index (χ4v) is 5.55. The van der Waals surface area contributed by atoms with Crippen LogP contribution >= 0.6 is 0 Å². The minimum Gasteiger partial charge on any atom is -0.296 e. The average Bonchev–Trinajstić information content (AvgIpc) is 2.69. The van der Waals surface area contributed by atoms with Crippen LogP contribution in [0, 0.1) is 11.6 Å². The summed E-state index contributed by atoms with van der Waals surface area (Å²) in [6, 6.07) is 11.5. The van der Waals surface area contributed by atoms with E-state index in [-0.39, 0.29) is 4.90 Å². The molecule has 2 aliphatic heterocycles. The molecule has 0 atom stereocenters. The van der Waals surface area contributed by atoms with Crippen LogP contribution in [0.2, 0.25) is 0 Å². The van der Waals surface area contributed by atoms with Crippen molar-refractivity contribution in [1.82, 2.24) is 9.21 Å². The van der Waals surface area contributed by atoms with Gasteiger partial charge < -0.3 is 0 Å². The van der Waals surface area contributed by atoms with Gasteiger partial charge in [-0.1, -0.05) is 24.3 Å². The molecule has 0 saturated carbocycles. The van der Waals surface area contributed by atoms with Crippen LogP contribution in [0.5, 0.6) is 0 Å². The highest BCUT2D eigenvalue weighted by Crippen LogP contribution is 2.27. The topological polar surface area (TPSA) is 40.6 Å². The first-order valence-electron chi connectivity index (χ1n) is 9.21. The molecule has 0 bridgehead atoms. The Balaban J connectivity index is 1.42. The molecule has 0 radical (unpaired) electrons. The summed E-state index contributed by atoms with van der Waals surface area (Å²) in [7, 11) is -3.80. The molecule has 2 aromatic rings. The summed E-state index contributed by atoms with van der Waals surface area (Å²) in [4.78, 5) is 2.25. The Morgan fingerprint density at radius 3 is 2.30 bits per heavy atom. The number of benzene rings is 2. The Kier molecular flexibility index (Phi) is 5.01. The zero-order valence-electron chi connectivity index (χ0n) is 14.9. The van der Waals surface area contributed by atoms with Crippen molar-refractivity contribution in [2.75, 3.05) is 19.6 Å². The van der Waals surface area contributed by atoms with Gasteiger partial charge in [-0.3, -0.25) is 4.90 Å². The number of hydrogen-bond donors (Lipinski definition) is 0. The van der Waals surface area contributed by atoms with E-state index in [1.54, 1.807) is 0 Å². The molecular weight excluding hydrogens is 370 g/mol. The van der Waals surface area contributed by atoms with E-state index in [1.165, 1.54) is 15.4 Å². The first-order valence-corrected chi connectivity index (χ1v) is 10.7. The molecular formula is C20H22F2N2O2S. The summed E-state index contributed by atoms with van der Waals surface area (Å²) in [5.74, 6) is -2.18. The number of piperidine rings is 1. The van der Waals surface area contributed by atoms with Gasteiger partial charge in [-0.2, -0.15) is 4.31 Å². The quantitative estimate of drug-likeness (QED) is 0.806. The Morgan fingerprint density at radius 2 is 1.59 bits per heavy atom. The summed E-state index contributed by atoms with van der Waals surface area (Å²) < 4.78 is 53.4. The maximum Gasteiger partial charge on any atom is 0.243 e. The van der Waals surface area contributed by atoms with Gasteiger partial charge in [0.1, 0.15) is 0 Å². The lowest BCUT2D eigenvalue weighted by Gasteiger charge is -2.40. The van der Waals surface area contributed by atoms with Gasteiger partial charge in [-0.05, 0) is 48.6 Å². The van der Waals surface area contributed by atoms with E-state index >= 15 is 0 Å². The van der Waals surface area contributed by atoms with Crippen molar-refractivity contribution in [1.29, 1.82) is 0 Å². The zero-order valence-corrected chi connectivity index (χ0v) is 15.8. The maximum absolute atomic E-state index is 13.4. The minimum absolute atomic E-state index is 0.188. The van der Waals surface area contributed by atoms with Gasteiger partial charge in [0.2, 0.25) is 10.0 Å². The molecule has 0 aliphatic carbocycles.